The molecule has 0 aliphatic heterocycles. The van der Waals surface area contributed by atoms with Gasteiger partial charge in [-0.1, -0.05) is 43.7 Å². The van der Waals surface area contributed by atoms with E-state index in [9.17, 15) is 0 Å². The van der Waals surface area contributed by atoms with Gasteiger partial charge in [0, 0.05) is 30.6 Å². The molecule has 1 atom stereocenters. The van der Waals surface area contributed by atoms with Crippen LogP contribution in [0.15, 0.2) is 36.4 Å². The highest BCUT2D eigenvalue weighted by molar-refractivity contribution is 5.31. The molecule has 1 fully saturated rings. The fourth-order valence-corrected chi connectivity index (χ4v) is 3.56. The van der Waals surface area contributed by atoms with Crippen molar-refractivity contribution in [1.29, 1.82) is 0 Å². The Kier molecular flexibility index (Phi) is 3.85. The molecule has 1 aliphatic carbocycles. The number of hydrogen-bond acceptors (Lipinski definition) is 2. The van der Waals surface area contributed by atoms with Crippen molar-refractivity contribution >= 4 is 0 Å². The number of nitrogens with zero attached hydrogens (tertiary/aromatic N) is 2. The average Bonchev–Trinajstić information content (AvgIpc) is 2.79. The summed E-state index contributed by atoms with van der Waals surface area (Å²) < 4.78 is 2.00. The fraction of sp³-hybridized carbons (Fsp3) is 0.500. The molecule has 3 heteroatoms. The molecular formula is C18H25N3. The van der Waals surface area contributed by atoms with Gasteiger partial charge in [-0.25, -0.2) is 0 Å². The zero-order valence-corrected chi connectivity index (χ0v) is 13.0. The molecular weight excluding hydrogens is 258 g/mol. The third kappa shape index (κ3) is 2.51. The van der Waals surface area contributed by atoms with Crippen LogP contribution in [0.2, 0.25) is 0 Å². The predicted octanol–water partition coefficient (Wildman–Crippen LogP) is 2.97. The summed E-state index contributed by atoms with van der Waals surface area (Å²) in [6.45, 7) is 2.14. The van der Waals surface area contributed by atoms with E-state index in [1.807, 2.05) is 11.7 Å². The van der Waals surface area contributed by atoms with Gasteiger partial charge in [0.2, 0.25) is 0 Å². The molecule has 0 amide bonds. The van der Waals surface area contributed by atoms with Gasteiger partial charge in [0.15, 0.2) is 0 Å². The second kappa shape index (κ2) is 5.64. The van der Waals surface area contributed by atoms with E-state index in [1.54, 1.807) is 0 Å². The molecule has 0 spiro atoms. The van der Waals surface area contributed by atoms with Crippen LogP contribution in [0.3, 0.4) is 0 Å². The van der Waals surface area contributed by atoms with Crippen molar-refractivity contribution in [3.63, 3.8) is 0 Å². The first-order valence-corrected chi connectivity index (χ1v) is 7.98. The minimum atomic E-state index is 0.161. The average molecular weight is 283 g/mol. The van der Waals surface area contributed by atoms with Crippen molar-refractivity contribution in [3.8, 4) is 0 Å². The lowest BCUT2D eigenvalue weighted by atomic mass is 9.59. The Morgan fingerprint density at radius 2 is 2.00 bits per heavy atom. The van der Waals surface area contributed by atoms with Crippen molar-refractivity contribution in [2.75, 3.05) is 0 Å². The van der Waals surface area contributed by atoms with E-state index in [0.29, 0.717) is 0 Å². The molecule has 112 valence electrons. The van der Waals surface area contributed by atoms with Gasteiger partial charge in [0.1, 0.15) is 0 Å². The van der Waals surface area contributed by atoms with Crippen LogP contribution in [0.4, 0.5) is 0 Å². The van der Waals surface area contributed by atoms with Crippen LogP contribution in [0, 0.1) is 0 Å². The maximum atomic E-state index is 6.66. The van der Waals surface area contributed by atoms with Gasteiger partial charge in [-0.05, 0) is 30.9 Å². The molecule has 1 aromatic heterocycles. The summed E-state index contributed by atoms with van der Waals surface area (Å²) in [4.78, 5) is 0. The van der Waals surface area contributed by atoms with Crippen molar-refractivity contribution in [2.24, 2.45) is 12.8 Å². The van der Waals surface area contributed by atoms with Crippen LogP contribution in [0.25, 0.3) is 0 Å². The van der Waals surface area contributed by atoms with Gasteiger partial charge < -0.3 is 5.73 Å². The molecule has 3 rings (SSSR count). The van der Waals surface area contributed by atoms with E-state index in [2.05, 4.69) is 48.4 Å². The lowest BCUT2D eigenvalue weighted by Gasteiger charge is -2.47. The molecule has 2 N–H and O–H groups in total. The van der Waals surface area contributed by atoms with Crippen LogP contribution in [-0.2, 0) is 25.3 Å². The maximum Gasteiger partial charge on any atom is 0.0624 e. The predicted molar refractivity (Wildman–Crippen MR) is 86.2 cm³/mol. The van der Waals surface area contributed by atoms with E-state index < -0.39 is 0 Å². The third-order valence-electron chi connectivity index (χ3n) is 5.12. The topological polar surface area (TPSA) is 43.8 Å². The van der Waals surface area contributed by atoms with Gasteiger partial charge in [-0.3, -0.25) is 4.68 Å². The van der Waals surface area contributed by atoms with Crippen LogP contribution in [-0.4, -0.2) is 15.8 Å². The standard InChI is InChI=1S/C18H25N3/c1-3-15-12-16(21(2)20-15)13-17(19)18(10-7-11-18)14-8-5-4-6-9-14/h4-6,8-9,12,17H,3,7,10-11,13,19H2,1-2H3. The molecule has 1 aromatic carbocycles. The zero-order chi connectivity index (χ0) is 14.9. The maximum absolute atomic E-state index is 6.66. The van der Waals surface area contributed by atoms with Gasteiger partial charge >= 0.3 is 0 Å². The number of nitrogens with two attached hydrogens (primary N) is 1. The molecule has 3 nitrogen and oxygen atoms in total. The third-order valence-corrected chi connectivity index (χ3v) is 5.12. The molecule has 1 aliphatic rings. The summed E-state index contributed by atoms with van der Waals surface area (Å²) in [6, 6.07) is 13.2. The van der Waals surface area contributed by atoms with E-state index in [0.717, 1.165) is 18.5 Å². The van der Waals surface area contributed by atoms with Crippen molar-refractivity contribution in [3.05, 3.63) is 53.3 Å². The second-order valence-electron chi connectivity index (χ2n) is 6.29. The smallest absolute Gasteiger partial charge is 0.0624 e. The Morgan fingerprint density at radius 1 is 1.29 bits per heavy atom. The summed E-state index contributed by atoms with van der Waals surface area (Å²) in [5.74, 6) is 0. The number of rotatable bonds is 5. The number of hydrogen-bond donors (Lipinski definition) is 1. The minimum absolute atomic E-state index is 0.161. The van der Waals surface area contributed by atoms with E-state index in [-0.39, 0.29) is 11.5 Å². The highest BCUT2D eigenvalue weighted by Crippen LogP contribution is 2.46. The summed E-state index contributed by atoms with van der Waals surface area (Å²) in [5, 5.41) is 4.54. The van der Waals surface area contributed by atoms with E-state index >= 15 is 0 Å². The van der Waals surface area contributed by atoms with Crippen LogP contribution in [0.1, 0.15) is 43.1 Å². The first-order valence-electron chi connectivity index (χ1n) is 7.98. The molecule has 0 saturated heterocycles. The van der Waals surface area contributed by atoms with Crippen LogP contribution < -0.4 is 5.73 Å². The van der Waals surface area contributed by atoms with Crippen molar-refractivity contribution < 1.29 is 0 Å². The molecule has 0 radical (unpaired) electrons. The van der Waals surface area contributed by atoms with Gasteiger partial charge in [-0.15, -0.1) is 0 Å². The van der Waals surface area contributed by atoms with E-state index in [1.165, 1.54) is 30.5 Å². The Morgan fingerprint density at radius 3 is 2.52 bits per heavy atom. The normalized spacial score (nSPS) is 18.2. The lowest BCUT2D eigenvalue weighted by Crippen LogP contribution is -2.51. The number of aryl methyl sites for hydroxylation is 2. The van der Waals surface area contributed by atoms with Crippen LogP contribution >= 0.6 is 0 Å². The number of aromatic nitrogens is 2. The molecule has 0 bridgehead atoms. The molecule has 1 saturated carbocycles. The minimum Gasteiger partial charge on any atom is -0.327 e. The quantitative estimate of drug-likeness (QED) is 0.917. The summed E-state index contributed by atoms with van der Waals surface area (Å²) in [7, 11) is 2.02. The van der Waals surface area contributed by atoms with Crippen LogP contribution in [0.5, 0.6) is 0 Å². The first-order chi connectivity index (χ1) is 10.2. The molecule has 21 heavy (non-hydrogen) atoms. The fourth-order valence-electron chi connectivity index (χ4n) is 3.56. The van der Waals surface area contributed by atoms with E-state index in [4.69, 9.17) is 5.73 Å². The van der Waals surface area contributed by atoms with Gasteiger partial charge in [0.25, 0.3) is 0 Å². The van der Waals surface area contributed by atoms with Gasteiger partial charge in [0.05, 0.1) is 5.69 Å². The Bertz CT molecular complexity index is 596. The summed E-state index contributed by atoms with van der Waals surface area (Å²) in [5.41, 5.74) is 10.6. The Balaban J connectivity index is 1.83. The van der Waals surface area contributed by atoms with Gasteiger partial charge in [-0.2, -0.15) is 5.10 Å². The highest BCUT2D eigenvalue weighted by atomic mass is 15.3. The van der Waals surface area contributed by atoms with Crippen molar-refractivity contribution in [1.82, 2.24) is 9.78 Å². The summed E-state index contributed by atoms with van der Waals surface area (Å²) >= 11 is 0. The molecule has 2 aromatic rings. The second-order valence-corrected chi connectivity index (χ2v) is 6.29. The SMILES string of the molecule is CCc1cc(CC(N)C2(c3ccccc3)CCC2)n(C)n1. The monoisotopic (exact) mass is 283 g/mol. The zero-order valence-electron chi connectivity index (χ0n) is 13.0. The highest BCUT2D eigenvalue weighted by Gasteiger charge is 2.43. The largest absolute Gasteiger partial charge is 0.327 e. The first kappa shape index (κ1) is 14.3. The lowest BCUT2D eigenvalue weighted by molar-refractivity contribution is 0.193. The Labute approximate surface area is 127 Å². The van der Waals surface area contributed by atoms with Crippen molar-refractivity contribution in [2.45, 2.75) is 50.5 Å². The Hall–Kier alpha value is -1.61. The summed E-state index contributed by atoms with van der Waals surface area (Å²) in [6.07, 6.45) is 5.58. The number of benzene rings is 1. The molecule has 1 unspecified atom stereocenters. The molecule has 1 heterocycles.